The van der Waals surface area contributed by atoms with E-state index in [0.717, 1.165) is 18.4 Å². The van der Waals surface area contributed by atoms with E-state index >= 15 is 0 Å². The van der Waals surface area contributed by atoms with E-state index in [-0.39, 0.29) is 21.6 Å². The van der Waals surface area contributed by atoms with Gasteiger partial charge in [-0.3, -0.25) is 0 Å². The van der Waals surface area contributed by atoms with E-state index in [4.69, 9.17) is 5.11 Å². The Labute approximate surface area is 130 Å². The fourth-order valence-electron chi connectivity index (χ4n) is 2.03. The first-order chi connectivity index (χ1) is 10.5. The van der Waals surface area contributed by atoms with Gasteiger partial charge in [-0.05, 0) is 41.5 Å². The number of rotatable bonds is 3. The summed E-state index contributed by atoms with van der Waals surface area (Å²) in [6.07, 6.45) is -3.62. The second-order valence-corrected chi connectivity index (χ2v) is 6.88. The molecule has 0 saturated heterocycles. The predicted molar refractivity (Wildman–Crippen MR) is 76.9 cm³/mol. The molecule has 0 aliphatic rings. The largest absolute Gasteiger partial charge is 0.478 e. The highest BCUT2D eigenvalue weighted by Crippen LogP contribution is 2.34. The Morgan fingerprint density at radius 3 is 2.04 bits per heavy atom. The van der Waals surface area contributed by atoms with Crippen molar-refractivity contribution in [1.29, 1.82) is 0 Å². The van der Waals surface area contributed by atoms with Crippen molar-refractivity contribution in [3.8, 4) is 11.1 Å². The Morgan fingerprint density at radius 2 is 1.61 bits per heavy atom. The molecule has 8 heteroatoms. The third kappa shape index (κ3) is 3.70. The van der Waals surface area contributed by atoms with Gasteiger partial charge in [0.15, 0.2) is 9.84 Å². The minimum Gasteiger partial charge on any atom is -0.478 e. The molecule has 0 aliphatic carbocycles. The molecule has 0 spiro atoms. The molecule has 0 heterocycles. The van der Waals surface area contributed by atoms with Gasteiger partial charge in [0.05, 0.1) is 16.0 Å². The van der Waals surface area contributed by atoms with Gasteiger partial charge < -0.3 is 5.11 Å². The number of halogens is 3. The van der Waals surface area contributed by atoms with Gasteiger partial charge in [-0.15, -0.1) is 0 Å². The summed E-state index contributed by atoms with van der Waals surface area (Å²) in [5, 5.41) is 9.13. The smallest absolute Gasteiger partial charge is 0.416 e. The van der Waals surface area contributed by atoms with E-state index in [1.54, 1.807) is 0 Å². The highest BCUT2D eigenvalue weighted by molar-refractivity contribution is 7.90. The molecule has 2 aromatic carbocycles. The van der Waals surface area contributed by atoms with Crippen molar-refractivity contribution in [2.75, 3.05) is 6.26 Å². The molecule has 0 aromatic heterocycles. The van der Waals surface area contributed by atoms with Crippen LogP contribution in [-0.4, -0.2) is 25.7 Å². The van der Waals surface area contributed by atoms with Gasteiger partial charge in [-0.1, -0.05) is 12.1 Å². The van der Waals surface area contributed by atoms with Crippen molar-refractivity contribution in [1.82, 2.24) is 0 Å². The maximum Gasteiger partial charge on any atom is 0.416 e. The number of alkyl halides is 3. The summed E-state index contributed by atoms with van der Waals surface area (Å²) in [4.78, 5) is 11.2. The Morgan fingerprint density at radius 1 is 1.04 bits per heavy atom. The van der Waals surface area contributed by atoms with Gasteiger partial charge in [0.25, 0.3) is 0 Å². The Kier molecular flexibility index (Phi) is 4.21. The molecule has 0 amide bonds. The molecule has 122 valence electrons. The minimum atomic E-state index is -4.61. The average molecular weight is 344 g/mol. The van der Waals surface area contributed by atoms with Crippen molar-refractivity contribution in [2.24, 2.45) is 0 Å². The van der Waals surface area contributed by atoms with E-state index < -0.39 is 27.5 Å². The third-order valence-corrected chi connectivity index (χ3v) is 4.30. The molecule has 2 aromatic rings. The molecule has 1 N–H and O–H groups in total. The number of hydrogen-bond donors (Lipinski definition) is 1. The molecule has 0 bridgehead atoms. The lowest BCUT2D eigenvalue weighted by Gasteiger charge is -2.12. The quantitative estimate of drug-likeness (QED) is 0.925. The molecule has 0 aliphatic heterocycles. The minimum absolute atomic E-state index is 0.00917. The monoisotopic (exact) mass is 344 g/mol. The summed E-state index contributed by atoms with van der Waals surface area (Å²) in [6, 6.07) is 7.30. The predicted octanol–water partition coefficient (Wildman–Crippen LogP) is 3.47. The van der Waals surface area contributed by atoms with Crippen molar-refractivity contribution < 1.29 is 31.5 Å². The first kappa shape index (κ1) is 17.0. The van der Waals surface area contributed by atoms with Crippen molar-refractivity contribution in [2.45, 2.75) is 11.1 Å². The van der Waals surface area contributed by atoms with Gasteiger partial charge >= 0.3 is 12.1 Å². The standard InChI is InChI=1S/C15H11F3O4S/c1-23(21,22)11-5-2-9(3-6-11)13-8-10(15(16,17)18)4-7-12(13)14(19)20/h2-8H,1H3,(H,19,20). The third-order valence-electron chi connectivity index (χ3n) is 3.17. The van der Waals surface area contributed by atoms with Gasteiger partial charge in [0, 0.05) is 6.26 Å². The van der Waals surface area contributed by atoms with Crippen LogP contribution in [0.15, 0.2) is 47.4 Å². The second kappa shape index (κ2) is 5.69. The molecular formula is C15H11F3O4S. The Bertz CT molecular complexity index is 853. The highest BCUT2D eigenvalue weighted by Gasteiger charge is 2.31. The Hall–Kier alpha value is -2.35. The van der Waals surface area contributed by atoms with Crippen LogP contribution in [-0.2, 0) is 16.0 Å². The fraction of sp³-hybridized carbons (Fsp3) is 0.133. The van der Waals surface area contributed by atoms with Crippen LogP contribution >= 0.6 is 0 Å². The van der Waals surface area contributed by atoms with E-state index in [1.807, 2.05) is 0 Å². The van der Waals surface area contributed by atoms with E-state index in [0.29, 0.717) is 6.07 Å². The van der Waals surface area contributed by atoms with Gasteiger partial charge in [-0.25, -0.2) is 13.2 Å². The summed E-state index contributed by atoms with van der Waals surface area (Å²) < 4.78 is 61.2. The highest BCUT2D eigenvalue weighted by atomic mass is 32.2. The SMILES string of the molecule is CS(=O)(=O)c1ccc(-c2cc(C(F)(F)F)ccc2C(=O)O)cc1. The van der Waals surface area contributed by atoms with Crippen LogP contribution in [0.5, 0.6) is 0 Å². The molecule has 0 radical (unpaired) electrons. The molecule has 0 saturated carbocycles. The zero-order chi connectivity index (χ0) is 17.4. The van der Waals surface area contributed by atoms with Gasteiger partial charge in [0.2, 0.25) is 0 Å². The second-order valence-electron chi connectivity index (χ2n) is 4.86. The summed E-state index contributed by atoms with van der Waals surface area (Å²) >= 11 is 0. The van der Waals surface area contributed by atoms with Crippen LogP contribution in [0.1, 0.15) is 15.9 Å². The lowest BCUT2D eigenvalue weighted by atomic mass is 9.97. The van der Waals surface area contributed by atoms with E-state index in [1.165, 1.54) is 24.3 Å². The zero-order valence-electron chi connectivity index (χ0n) is 11.8. The van der Waals surface area contributed by atoms with E-state index in [9.17, 15) is 26.4 Å². The number of carboxylic acid groups (broad SMARTS) is 1. The molecule has 23 heavy (non-hydrogen) atoms. The first-order valence-corrected chi connectivity index (χ1v) is 8.14. The summed E-state index contributed by atoms with van der Waals surface area (Å²) in [6.45, 7) is 0. The van der Waals surface area contributed by atoms with Crippen molar-refractivity contribution in [3.05, 3.63) is 53.6 Å². The Balaban J connectivity index is 2.63. The average Bonchev–Trinajstić information content (AvgIpc) is 2.45. The van der Waals surface area contributed by atoms with Crippen LogP contribution in [0.25, 0.3) is 11.1 Å². The van der Waals surface area contributed by atoms with Crippen molar-refractivity contribution in [3.63, 3.8) is 0 Å². The fourth-order valence-corrected chi connectivity index (χ4v) is 2.66. The van der Waals surface area contributed by atoms with Gasteiger partial charge in [0.1, 0.15) is 0 Å². The number of carboxylic acids is 1. The number of aromatic carboxylic acids is 1. The molecule has 2 rings (SSSR count). The summed E-state index contributed by atoms with van der Waals surface area (Å²) in [7, 11) is -3.46. The van der Waals surface area contributed by atoms with Gasteiger partial charge in [-0.2, -0.15) is 13.2 Å². The molecular weight excluding hydrogens is 333 g/mol. The zero-order valence-corrected chi connectivity index (χ0v) is 12.6. The molecule has 4 nitrogen and oxygen atoms in total. The normalized spacial score (nSPS) is 12.2. The molecule has 0 fully saturated rings. The lowest BCUT2D eigenvalue weighted by Crippen LogP contribution is -2.08. The van der Waals surface area contributed by atoms with E-state index in [2.05, 4.69) is 0 Å². The number of carbonyl (C=O) groups is 1. The first-order valence-electron chi connectivity index (χ1n) is 6.25. The van der Waals surface area contributed by atoms with Crippen LogP contribution in [0, 0.1) is 0 Å². The number of sulfone groups is 1. The van der Waals surface area contributed by atoms with Crippen molar-refractivity contribution >= 4 is 15.8 Å². The number of benzene rings is 2. The van der Waals surface area contributed by atoms with Crippen LogP contribution in [0.4, 0.5) is 13.2 Å². The summed E-state index contributed by atoms with van der Waals surface area (Å²) in [5.41, 5.74) is -1.23. The van der Waals surface area contributed by atoms with Crippen LogP contribution < -0.4 is 0 Å². The topological polar surface area (TPSA) is 71.4 Å². The number of hydrogen-bond acceptors (Lipinski definition) is 3. The van der Waals surface area contributed by atoms with Crippen LogP contribution in [0.2, 0.25) is 0 Å². The lowest BCUT2D eigenvalue weighted by molar-refractivity contribution is -0.137. The maximum absolute atomic E-state index is 12.8. The van der Waals surface area contributed by atoms with Crippen LogP contribution in [0.3, 0.4) is 0 Å². The molecule has 0 atom stereocenters. The molecule has 0 unspecified atom stereocenters. The summed E-state index contributed by atoms with van der Waals surface area (Å²) in [5.74, 6) is -1.37. The maximum atomic E-state index is 12.8.